The fourth-order valence-corrected chi connectivity index (χ4v) is 10.3. The third-order valence-corrected chi connectivity index (χ3v) is 12.8. The van der Waals surface area contributed by atoms with Crippen LogP contribution in [0.2, 0.25) is 0 Å². The average molecular weight is 593 g/mol. The molecule has 0 bridgehead atoms. The van der Waals surface area contributed by atoms with Crippen molar-refractivity contribution < 1.29 is 38.8 Å². The van der Waals surface area contributed by atoms with Crippen LogP contribution in [0.25, 0.3) is 0 Å². The topological polar surface area (TPSA) is 119 Å². The summed E-state index contributed by atoms with van der Waals surface area (Å²) in [7, 11) is 0. The van der Waals surface area contributed by atoms with Crippen molar-refractivity contribution in [3.8, 4) is 0 Å². The predicted molar refractivity (Wildman–Crippen MR) is 158 cm³/mol. The normalized spacial score (nSPS) is 42.8. The highest BCUT2D eigenvalue weighted by Crippen LogP contribution is 2.70. The third-order valence-electron chi connectivity index (χ3n) is 12.8. The maximum atomic E-state index is 12.6. The van der Waals surface area contributed by atoms with Crippen LogP contribution >= 0.6 is 0 Å². The highest BCUT2D eigenvalue weighted by atomic mass is 16.6. The molecule has 240 valence electrons. The number of carbonyl (C=O) groups excluding carboxylic acids is 3. The van der Waals surface area contributed by atoms with Gasteiger partial charge in [-0.15, -0.1) is 0 Å². The number of hydrogen-bond donors (Lipinski definition) is 2. The van der Waals surface area contributed by atoms with Crippen LogP contribution in [-0.2, 0) is 28.6 Å². The summed E-state index contributed by atoms with van der Waals surface area (Å²) in [6.45, 7) is 16.8. The van der Waals surface area contributed by atoms with Crippen molar-refractivity contribution >= 4 is 17.9 Å². The molecule has 4 aliphatic carbocycles. The van der Waals surface area contributed by atoms with Gasteiger partial charge in [0.2, 0.25) is 0 Å². The summed E-state index contributed by atoms with van der Waals surface area (Å²) in [4.78, 5) is 36.8. The van der Waals surface area contributed by atoms with E-state index in [1.807, 2.05) is 20.8 Å². The van der Waals surface area contributed by atoms with E-state index in [2.05, 4.69) is 20.8 Å². The summed E-state index contributed by atoms with van der Waals surface area (Å²) in [5.74, 6) is 0.632. The van der Waals surface area contributed by atoms with Crippen molar-refractivity contribution in [3.63, 3.8) is 0 Å². The number of ether oxygens (including phenoxy) is 3. The Balaban J connectivity index is 1.67. The van der Waals surface area contributed by atoms with Crippen LogP contribution in [0.15, 0.2) is 0 Å². The van der Waals surface area contributed by atoms with Crippen LogP contribution in [0.5, 0.6) is 0 Å². The first-order valence-electron chi connectivity index (χ1n) is 16.3. The molecule has 4 fully saturated rings. The molecule has 0 aliphatic heterocycles. The predicted octanol–water partition coefficient (Wildman–Crippen LogP) is 5.60. The Kier molecular flexibility index (Phi) is 9.24. The molecule has 0 amide bonds. The molecule has 0 aromatic heterocycles. The Hall–Kier alpha value is -1.67. The van der Waals surface area contributed by atoms with Crippen LogP contribution in [-0.4, -0.2) is 57.6 Å². The lowest BCUT2D eigenvalue weighted by Gasteiger charge is -2.67. The van der Waals surface area contributed by atoms with Gasteiger partial charge in [0.05, 0.1) is 5.60 Å². The molecule has 0 aromatic rings. The minimum Gasteiger partial charge on any atom is -0.462 e. The minimum absolute atomic E-state index is 0.0688. The Morgan fingerprint density at radius 3 is 2.02 bits per heavy atom. The molecule has 0 aromatic carbocycles. The average Bonchev–Trinajstić information content (AvgIpc) is 3.20. The zero-order chi connectivity index (χ0) is 31.4. The Bertz CT molecular complexity index is 1040. The molecule has 0 radical (unpaired) electrons. The molecule has 8 heteroatoms. The van der Waals surface area contributed by atoms with Gasteiger partial charge in [0.15, 0.2) is 0 Å². The van der Waals surface area contributed by atoms with Crippen LogP contribution in [0.4, 0.5) is 0 Å². The van der Waals surface area contributed by atoms with Gasteiger partial charge in [0.25, 0.3) is 0 Å². The Morgan fingerprint density at radius 1 is 0.857 bits per heavy atom. The second-order valence-electron chi connectivity index (χ2n) is 15.5. The van der Waals surface area contributed by atoms with E-state index in [1.54, 1.807) is 0 Å². The summed E-state index contributed by atoms with van der Waals surface area (Å²) < 4.78 is 17.5. The van der Waals surface area contributed by atoms with Gasteiger partial charge >= 0.3 is 17.9 Å². The Morgan fingerprint density at radius 2 is 1.45 bits per heavy atom. The second kappa shape index (κ2) is 11.7. The molecule has 4 saturated carbocycles. The van der Waals surface area contributed by atoms with E-state index >= 15 is 0 Å². The quantitative estimate of drug-likeness (QED) is 0.276. The lowest BCUT2D eigenvalue weighted by molar-refractivity contribution is -0.300. The minimum atomic E-state index is -1.51. The number of rotatable bonds is 8. The number of aliphatic hydroxyl groups is 2. The van der Waals surface area contributed by atoms with Crippen molar-refractivity contribution in [3.05, 3.63) is 0 Å². The molecule has 4 rings (SSSR count). The summed E-state index contributed by atoms with van der Waals surface area (Å²) >= 11 is 0. The fourth-order valence-electron chi connectivity index (χ4n) is 10.3. The first-order chi connectivity index (χ1) is 19.3. The molecule has 42 heavy (non-hydrogen) atoms. The monoisotopic (exact) mass is 592 g/mol. The van der Waals surface area contributed by atoms with Crippen LogP contribution < -0.4 is 0 Å². The van der Waals surface area contributed by atoms with E-state index in [9.17, 15) is 24.6 Å². The van der Waals surface area contributed by atoms with E-state index in [1.165, 1.54) is 20.8 Å². The number of carbonyl (C=O) groups is 3. The van der Waals surface area contributed by atoms with Gasteiger partial charge in [-0.1, -0.05) is 34.1 Å². The van der Waals surface area contributed by atoms with Crippen LogP contribution in [0, 0.1) is 46.3 Å². The third kappa shape index (κ3) is 5.76. The van der Waals surface area contributed by atoms with E-state index in [-0.39, 0.29) is 29.6 Å². The summed E-state index contributed by atoms with van der Waals surface area (Å²) in [6, 6.07) is 0. The van der Waals surface area contributed by atoms with Crippen LogP contribution in [0.1, 0.15) is 120 Å². The molecule has 0 heterocycles. The molecule has 2 N–H and O–H groups in total. The fraction of sp³-hybridized carbons (Fsp3) is 0.912. The van der Waals surface area contributed by atoms with Gasteiger partial charge < -0.3 is 24.4 Å². The number of esters is 3. The van der Waals surface area contributed by atoms with Crippen molar-refractivity contribution in [2.45, 2.75) is 150 Å². The maximum Gasteiger partial charge on any atom is 0.303 e. The van der Waals surface area contributed by atoms with Crippen molar-refractivity contribution in [2.75, 3.05) is 0 Å². The standard InChI is InChI=1S/C34H56O8/c1-19(10-11-20(2)31(6,7)38)26-12-13-27-25-17-30(42-23(5)37)34(39)18-24(40-21(3)35)16-29(41-22(4)36)33(34,9)28(25)14-15-32(26,27)8/h19-20,24-30,38-39H,10-18H2,1-9H3. The van der Waals surface area contributed by atoms with Gasteiger partial charge in [-0.25, -0.2) is 0 Å². The van der Waals surface area contributed by atoms with E-state index < -0.39 is 52.8 Å². The molecule has 0 spiro atoms. The second-order valence-corrected chi connectivity index (χ2v) is 15.5. The summed E-state index contributed by atoms with van der Waals surface area (Å²) in [5.41, 5.74) is -2.94. The molecule has 12 atom stereocenters. The first kappa shape index (κ1) is 33.2. The van der Waals surface area contributed by atoms with Crippen LogP contribution in [0.3, 0.4) is 0 Å². The van der Waals surface area contributed by atoms with Crippen molar-refractivity contribution in [1.82, 2.24) is 0 Å². The molecule has 0 saturated heterocycles. The van der Waals surface area contributed by atoms with Gasteiger partial charge in [0, 0.05) is 39.0 Å². The Labute approximate surface area is 252 Å². The van der Waals surface area contributed by atoms with Crippen molar-refractivity contribution in [2.24, 2.45) is 46.3 Å². The zero-order valence-electron chi connectivity index (χ0n) is 27.4. The largest absolute Gasteiger partial charge is 0.462 e. The van der Waals surface area contributed by atoms with Gasteiger partial charge in [-0.3, -0.25) is 14.4 Å². The van der Waals surface area contributed by atoms with E-state index in [0.29, 0.717) is 30.6 Å². The zero-order valence-corrected chi connectivity index (χ0v) is 27.4. The summed E-state index contributed by atoms with van der Waals surface area (Å²) in [5, 5.41) is 23.1. The van der Waals surface area contributed by atoms with Crippen molar-refractivity contribution in [1.29, 1.82) is 0 Å². The number of hydrogen-bond acceptors (Lipinski definition) is 8. The smallest absolute Gasteiger partial charge is 0.303 e. The summed E-state index contributed by atoms with van der Waals surface area (Å²) in [6.07, 6.45) is 5.11. The molecule has 12 unspecified atom stereocenters. The highest BCUT2D eigenvalue weighted by Gasteiger charge is 2.72. The first-order valence-corrected chi connectivity index (χ1v) is 16.3. The van der Waals surface area contributed by atoms with Gasteiger partial charge in [0.1, 0.15) is 23.9 Å². The maximum absolute atomic E-state index is 12.6. The van der Waals surface area contributed by atoms with E-state index in [0.717, 1.165) is 38.5 Å². The van der Waals surface area contributed by atoms with Gasteiger partial charge in [-0.2, -0.15) is 0 Å². The molecule has 4 aliphatic rings. The molecular formula is C34H56O8. The SMILES string of the molecule is CC(=O)OC1CC(OC(C)=O)C2(C)C3CCC4(C)C(C(C)CCC(C)C(C)(C)O)CCC4C3CC(OC(C)=O)C2(O)C1. The van der Waals surface area contributed by atoms with Gasteiger partial charge in [-0.05, 0) is 93.3 Å². The highest BCUT2D eigenvalue weighted by molar-refractivity contribution is 5.67. The number of fused-ring (bicyclic) bond motifs is 5. The lowest BCUT2D eigenvalue weighted by atomic mass is 9.41. The molecular weight excluding hydrogens is 536 g/mol. The van der Waals surface area contributed by atoms with E-state index in [4.69, 9.17) is 14.2 Å². The lowest BCUT2D eigenvalue weighted by Crippen LogP contribution is -2.73. The molecule has 8 nitrogen and oxygen atoms in total.